The topological polar surface area (TPSA) is 83.6 Å². The number of hydrogen-bond acceptors (Lipinski definition) is 4. The van der Waals surface area contributed by atoms with Gasteiger partial charge in [0.1, 0.15) is 11.7 Å². The molecule has 1 aliphatic carbocycles. The first-order valence-corrected chi connectivity index (χ1v) is 11.0. The smallest absolute Gasteiger partial charge is 0.248 e. The van der Waals surface area contributed by atoms with Gasteiger partial charge in [-0.15, -0.1) is 0 Å². The SMILES string of the molecule is Cc1cc(C)c2c(C#N)c(C=CC(=O)Nc3cccnc3)n(C3CCc4ccccc43)c2n1. The molecule has 3 heterocycles. The lowest BCUT2D eigenvalue weighted by Crippen LogP contribution is -2.11. The maximum absolute atomic E-state index is 12.6. The molecule has 1 N–H and O–H groups in total. The lowest BCUT2D eigenvalue weighted by atomic mass is 10.1. The molecule has 0 saturated carbocycles. The number of aryl methyl sites for hydroxylation is 3. The molecule has 0 fully saturated rings. The van der Waals surface area contributed by atoms with Gasteiger partial charge in [0, 0.05) is 23.4 Å². The van der Waals surface area contributed by atoms with Crippen LogP contribution in [-0.2, 0) is 11.2 Å². The van der Waals surface area contributed by atoms with Crippen LogP contribution in [0.25, 0.3) is 17.1 Å². The van der Waals surface area contributed by atoms with Gasteiger partial charge in [-0.05, 0) is 67.7 Å². The Hall–Kier alpha value is -4.24. The van der Waals surface area contributed by atoms with Crippen LogP contribution >= 0.6 is 0 Å². The van der Waals surface area contributed by atoms with Crippen molar-refractivity contribution < 1.29 is 4.79 Å². The van der Waals surface area contributed by atoms with Gasteiger partial charge >= 0.3 is 0 Å². The molecule has 0 aliphatic heterocycles. The second-order valence-electron chi connectivity index (χ2n) is 8.34. The number of nitrogens with zero attached hydrogens (tertiary/aromatic N) is 4. The highest BCUT2D eigenvalue weighted by Gasteiger charge is 2.29. The van der Waals surface area contributed by atoms with E-state index in [1.54, 1.807) is 30.6 Å². The van der Waals surface area contributed by atoms with Gasteiger partial charge < -0.3 is 9.88 Å². The van der Waals surface area contributed by atoms with E-state index in [0.717, 1.165) is 35.1 Å². The Balaban J connectivity index is 1.66. The molecule has 5 rings (SSSR count). The van der Waals surface area contributed by atoms with Crippen molar-refractivity contribution in [3.05, 3.63) is 94.6 Å². The van der Waals surface area contributed by atoms with Crippen molar-refractivity contribution in [2.45, 2.75) is 32.7 Å². The van der Waals surface area contributed by atoms with E-state index in [9.17, 15) is 10.1 Å². The quantitative estimate of drug-likeness (QED) is 0.454. The molecule has 162 valence electrons. The highest BCUT2D eigenvalue weighted by atomic mass is 16.1. The Bertz CT molecular complexity index is 1440. The third-order valence-electron chi connectivity index (χ3n) is 6.17. The van der Waals surface area contributed by atoms with Crippen molar-refractivity contribution in [2.75, 3.05) is 5.32 Å². The maximum atomic E-state index is 12.6. The first-order valence-electron chi connectivity index (χ1n) is 11.0. The Kier molecular flexibility index (Phi) is 5.23. The number of amides is 1. The largest absolute Gasteiger partial charge is 0.321 e. The third kappa shape index (κ3) is 3.68. The number of carbonyl (C=O) groups excluding carboxylic acids is 1. The van der Waals surface area contributed by atoms with Gasteiger partial charge in [-0.3, -0.25) is 9.78 Å². The highest BCUT2D eigenvalue weighted by molar-refractivity contribution is 6.03. The van der Waals surface area contributed by atoms with Crippen LogP contribution in [0.2, 0.25) is 0 Å². The summed E-state index contributed by atoms with van der Waals surface area (Å²) in [6.45, 7) is 3.97. The molecule has 1 amide bonds. The minimum absolute atomic E-state index is 0.0561. The number of nitrogens with one attached hydrogen (secondary N) is 1. The summed E-state index contributed by atoms with van der Waals surface area (Å²) in [4.78, 5) is 21.5. The summed E-state index contributed by atoms with van der Waals surface area (Å²) in [5.41, 5.74) is 7.13. The number of pyridine rings is 2. The summed E-state index contributed by atoms with van der Waals surface area (Å²) in [5, 5.41) is 13.8. The van der Waals surface area contributed by atoms with Crippen LogP contribution in [0.3, 0.4) is 0 Å². The zero-order valence-corrected chi connectivity index (χ0v) is 18.5. The van der Waals surface area contributed by atoms with Crippen LogP contribution < -0.4 is 5.32 Å². The van der Waals surface area contributed by atoms with Crippen LogP contribution in [0, 0.1) is 25.2 Å². The van der Waals surface area contributed by atoms with Gasteiger partial charge in [0.15, 0.2) is 0 Å². The van der Waals surface area contributed by atoms with Crippen molar-refractivity contribution in [1.29, 1.82) is 5.26 Å². The second kappa shape index (κ2) is 8.36. The molecule has 1 aromatic carbocycles. The molecule has 0 spiro atoms. The van der Waals surface area contributed by atoms with E-state index in [0.29, 0.717) is 16.9 Å². The monoisotopic (exact) mass is 433 g/mol. The first-order chi connectivity index (χ1) is 16.1. The van der Waals surface area contributed by atoms with Crippen molar-refractivity contribution in [3.8, 4) is 6.07 Å². The minimum atomic E-state index is -0.281. The summed E-state index contributed by atoms with van der Waals surface area (Å²) < 4.78 is 2.15. The standard InChI is InChI=1S/C27H23N5O/c1-17-14-18(2)30-27-26(17)22(15-28)24(11-12-25(33)31-20-7-5-13-29-16-20)32(27)23-10-9-19-6-3-4-8-21(19)23/h3-8,11-14,16,23H,9-10H2,1-2H3,(H,31,33). The molecule has 3 aromatic heterocycles. The van der Waals surface area contributed by atoms with E-state index in [-0.39, 0.29) is 11.9 Å². The number of aromatic nitrogens is 3. The normalized spacial score (nSPS) is 15.0. The number of hydrogen-bond donors (Lipinski definition) is 1. The molecule has 33 heavy (non-hydrogen) atoms. The molecule has 6 nitrogen and oxygen atoms in total. The number of benzene rings is 1. The molecular weight excluding hydrogens is 410 g/mol. The van der Waals surface area contributed by atoms with Gasteiger partial charge in [-0.2, -0.15) is 5.26 Å². The number of anilines is 1. The van der Waals surface area contributed by atoms with Crippen LogP contribution in [-0.4, -0.2) is 20.4 Å². The third-order valence-corrected chi connectivity index (χ3v) is 6.17. The van der Waals surface area contributed by atoms with Gasteiger partial charge in [0.25, 0.3) is 0 Å². The average molecular weight is 434 g/mol. The molecule has 6 heteroatoms. The Labute approximate surface area is 192 Å². The van der Waals surface area contributed by atoms with Crippen LogP contribution in [0.5, 0.6) is 0 Å². The first kappa shape index (κ1) is 20.7. The molecule has 0 bridgehead atoms. The summed E-state index contributed by atoms with van der Waals surface area (Å²) in [7, 11) is 0. The predicted octanol–water partition coefficient (Wildman–Crippen LogP) is 5.11. The fraction of sp³-hybridized carbons (Fsp3) is 0.185. The van der Waals surface area contributed by atoms with Gasteiger partial charge in [-0.25, -0.2) is 4.98 Å². The van der Waals surface area contributed by atoms with E-state index in [2.05, 4.69) is 45.2 Å². The Morgan fingerprint density at radius 3 is 2.88 bits per heavy atom. The van der Waals surface area contributed by atoms with E-state index in [1.165, 1.54) is 17.2 Å². The number of rotatable bonds is 4. The fourth-order valence-electron chi connectivity index (χ4n) is 4.83. The summed E-state index contributed by atoms with van der Waals surface area (Å²) in [6.07, 6.45) is 8.35. The van der Waals surface area contributed by atoms with Gasteiger partial charge in [0.05, 0.1) is 29.2 Å². The van der Waals surface area contributed by atoms with E-state index in [1.807, 2.05) is 19.9 Å². The second-order valence-corrected chi connectivity index (χ2v) is 8.34. The van der Waals surface area contributed by atoms with E-state index in [4.69, 9.17) is 4.98 Å². The Morgan fingerprint density at radius 1 is 1.24 bits per heavy atom. The number of carbonyl (C=O) groups is 1. The number of fused-ring (bicyclic) bond motifs is 2. The van der Waals surface area contributed by atoms with Crippen LogP contribution in [0.1, 0.15) is 46.1 Å². The molecule has 1 aliphatic rings. The molecule has 0 saturated heterocycles. The fourth-order valence-corrected chi connectivity index (χ4v) is 4.83. The molecule has 4 aromatic rings. The molecule has 1 unspecified atom stereocenters. The zero-order valence-electron chi connectivity index (χ0n) is 18.5. The summed E-state index contributed by atoms with van der Waals surface area (Å²) in [5.74, 6) is -0.281. The van der Waals surface area contributed by atoms with E-state index >= 15 is 0 Å². The number of nitriles is 1. The van der Waals surface area contributed by atoms with Crippen molar-refractivity contribution in [2.24, 2.45) is 0 Å². The molecule has 1 atom stereocenters. The van der Waals surface area contributed by atoms with Crippen LogP contribution in [0.4, 0.5) is 5.69 Å². The molecular formula is C27H23N5O. The van der Waals surface area contributed by atoms with Crippen molar-refractivity contribution >= 4 is 28.7 Å². The lowest BCUT2D eigenvalue weighted by Gasteiger charge is -2.18. The molecule has 0 radical (unpaired) electrons. The lowest BCUT2D eigenvalue weighted by molar-refractivity contribution is -0.111. The van der Waals surface area contributed by atoms with Crippen LogP contribution in [0.15, 0.2) is 60.9 Å². The van der Waals surface area contributed by atoms with E-state index < -0.39 is 0 Å². The zero-order chi connectivity index (χ0) is 22.9. The Morgan fingerprint density at radius 2 is 2.09 bits per heavy atom. The maximum Gasteiger partial charge on any atom is 0.248 e. The summed E-state index contributed by atoms with van der Waals surface area (Å²) >= 11 is 0. The van der Waals surface area contributed by atoms with Gasteiger partial charge in [0.2, 0.25) is 5.91 Å². The van der Waals surface area contributed by atoms with Crippen molar-refractivity contribution in [3.63, 3.8) is 0 Å². The van der Waals surface area contributed by atoms with Crippen molar-refractivity contribution in [1.82, 2.24) is 14.5 Å². The highest BCUT2D eigenvalue weighted by Crippen LogP contribution is 2.40. The minimum Gasteiger partial charge on any atom is -0.321 e. The predicted molar refractivity (Wildman–Crippen MR) is 129 cm³/mol. The van der Waals surface area contributed by atoms with Gasteiger partial charge in [-0.1, -0.05) is 24.3 Å². The average Bonchev–Trinajstić information content (AvgIpc) is 3.36. The summed E-state index contributed by atoms with van der Waals surface area (Å²) in [6, 6.07) is 16.4.